The summed E-state index contributed by atoms with van der Waals surface area (Å²) < 4.78 is 24.5. The fourth-order valence-electron chi connectivity index (χ4n) is 4.80. The maximum atomic E-state index is 7.13. The molecule has 0 spiro atoms. The van der Waals surface area contributed by atoms with Crippen molar-refractivity contribution in [3.8, 4) is 17.2 Å². The lowest BCUT2D eigenvalue weighted by Gasteiger charge is -2.58. The second kappa shape index (κ2) is 7.49. The van der Waals surface area contributed by atoms with Gasteiger partial charge in [0.05, 0.1) is 29.4 Å². The van der Waals surface area contributed by atoms with Crippen LogP contribution >= 0.6 is 0 Å². The molecule has 29 heavy (non-hydrogen) atoms. The molecule has 0 aromatic heterocycles. The van der Waals surface area contributed by atoms with Crippen molar-refractivity contribution in [2.45, 2.75) is 50.4 Å². The summed E-state index contributed by atoms with van der Waals surface area (Å²) in [6, 6.07) is 12.8. The maximum Gasteiger partial charge on any atom is 0.203 e. The number of ether oxygens (including phenoxy) is 3. The Kier molecular flexibility index (Phi) is 5.66. The topological polar surface area (TPSA) is 36.9 Å². The molecule has 0 bridgehead atoms. The van der Waals surface area contributed by atoms with Crippen molar-refractivity contribution in [1.82, 2.24) is 0 Å². The fraction of sp³-hybridized carbons (Fsp3) is 0.478. The first kappa shape index (κ1) is 21.9. The number of methoxy groups -OCH3 is 3. The lowest BCUT2D eigenvalue weighted by Crippen LogP contribution is -2.59. The Balaban J connectivity index is 2.44. The molecule has 6 heteroatoms. The van der Waals surface area contributed by atoms with Crippen LogP contribution in [-0.2, 0) is 10.0 Å². The Hall–Kier alpha value is -1.77. The first-order chi connectivity index (χ1) is 13.5. The zero-order valence-electron chi connectivity index (χ0n) is 19.2. The van der Waals surface area contributed by atoms with E-state index < -0.39 is 22.0 Å². The van der Waals surface area contributed by atoms with Crippen molar-refractivity contribution in [1.29, 1.82) is 0 Å². The van der Waals surface area contributed by atoms with Crippen LogP contribution in [0.1, 0.15) is 22.2 Å². The Bertz CT molecular complexity index is 884. The molecule has 2 aromatic carbocycles. The van der Waals surface area contributed by atoms with Gasteiger partial charge >= 0.3 is 0 Å². The third kappa shape index (κ3) is 3.51. The van der Waals surface area contributed by atoms with Crippen LogP contribution in [-0.4, -0.2) is 37.7 Å². The monoisotopic (exact) mass is 430 g/mol. The molecule has 0 N–H and O–H groups in total. The predicted octanol–water partition coefficient (Wildman–Crippen LogP) is 5.78. The summed E-state index contributed by atoms with van der Waals surface area (Å²) in [5.41, 5.74) is 3.30. The summed E-state index contributed by atoms with van der Waals surface area (Å²) in [6.45, 7) is 14.0. The van der Waals surface area contributed by atoms with E-state index in [0.29, 0.717) is 11.5 Å². The first-order valence-electron chi connectivity index (χ1n) is 10.1. The Morgan fingerprint density at radius 3 is 1.83 bits per heavy atom. The van der Waals surface area contributed by atoms with Gasteiger partial charge in [0.1, 0.15) is 5.60 Å². The third-order valence-electron chi connectivity index (χ3n) is 5.49. The van der Waals surface area contributed by atoms with Crippen LogP contribution in [0.3, 0.4) is 0 Å². The smallest absolute Gasteiger partial charge is 0.203 e. The molecule has 1 aliphatic carbocycles. The van der Waals surface area contributed by atoms with Crippen LogP contribution in [0.5, 0.6) is 17.2 Å². The molecular formula is C23H34O4Si2. The molecule has 0 amide bonds. The lowest BCUT2D eigenvalue weighted by molar-refractivity contribution is 0.0616. The zero-order chi connectivity index (χ0) is 21.6. The van der Waals surface area contributed by atoms with Gasteiger partial charge in [-0.25, -0.2) is 0 Å². The number of hydrogen-bond acceptors (Lipinski definition) is 4. The van der Waals surface area contributed by atoms with Gasteiger partial charge in [0.25, 0.3) is 0 Å². The van der Waals surface area contributed by atoms with Gasteiger partial charge in [-0.1, -0.05) is 50.0 Å². The second-order valence-corrected chi connectivity index (χ2v) is 19.5. The van der Waals surface area contributed by atoms with Crippen molar-refractivity contribution in [3.63, 3.8) is 0 Å². The van der Waals surface area contributed by atoms with Crippen LogP contribution in [0.25, 0.3) is 0 Å². The first-order valence-corrected chi connectivity index (χ1v) is 17.1. The summed E-state index contributed by atoms with van der Waals surface area (Å²) in [5, 5.41) is 0. The number of fused-ring (bicyclic) bond motifs is 1. The van der Waals surface area contributed by atoms with Crippen LogP contribution in [0.2, 0.25) is 39.3 Å². The van der Waals surface area contributed by atoms with E-state index in [1.54, 1.807) is 21.3 Å². The molecule has 2 aromatic rings. The van der Waals surface area contributed by atoms with Crippen molar-refractivity contribution in [2.75, 3.05) is 21.3 Å². The van der Waals surface area contributed by atoms with E-state index in [0.717, 1.165) is 11.3 Å². The van der Waals surface area contributed by atoms with Crippen molar-refractivity contribution in [2.24, 2.45) is 0 Å². The minimum Gasteiger partial charge on any atom is -0.493 e. The minimum atomic E-state index is -1.92. The quantitative estimate of drug-likeness (QED) is 0.522. The Labute approximate surface area is 177 Å². The van der Waals surface area contributed by atoms with Crippen LogP contribution in [0.15, 0.2) is 36.4 Å². The maximum absolute atomic E-state index is 7.13. The van der Waals surface area contributed by atoms with E-state index in [1.807, 2.05) is 0 Å². The average molecular weight is 431 g/mol. The molecule has 0 fully saturated rings. The van der Waals surface area contributed by atoms with Gasteiger partial charge in [0.15, 0.2) is 19.8 Å². The highest BCUT2D eigenvalue weighted by Gasteiger charge is 2.62. The summed E-state index contributed by atoms with van der Waals surface area (Å²) in [6.07, 6.45) is 0. The van der Waals surface area contributed by atoms with Crippen molar-refractivity contribution >= 4 is 16.4 Å². The fourth-order valence-corrected chi connectivity index (χ4v) is 8.97. The van der Waals surface area contributed by atoms with E-state index in [1.165, 1.54) is 11.1 Å². The van der Waals surface area contributed by atoms with E-state index in [9.17, 15) is 0 Å². The molecule has 0 saturated heterocycles. The van der Waals surface area contributed by atoms with E-state index in [2.05, 4.69) is 75.7 Å². The SMILES string of the molecule is COc1cc2c(c(OC)c1OC)[C@@](O[Si](C)(C)C)(c1ccccc1)[C@H]2[Si](C)(C)C. The van der Waals surface area contributed by atoms with Gasteiger partial charge in [-0.3, -0.25) is 0 Å². The number of hydrogen-bond donors (Lipinski definition) is 0. The highest BCUT2D eigenvalue weighted by Crippen LogP contribution is 2.66. The third-order valence-corrected chi connectivity index (χ3v) is 8.87. The highest BCUT2D eigenvalue weighted by atomic mass is 28.4. The molecular weight excluding hydrogens is 396 g/mol. The summed E-state index contributed by atoms with van der Waals surface area (Å²) >= 11 is 0. The molecule has 0 heterocycles. The van der Waals surface area contributed by atoms with Gasteiger partial charge in [-0.2, -0.15) is 0 Å². The Morgan fingerprint density at radius 1 is 0.793 bits per heavy atom. The highest BCUT2D eigenvalue weighted by molar-refractivity contribution is 6.78. The van der Waals surface area contributed by atoms with Crippen molar-refractivity contribution in [3.05, 3.63) is 53.1 Å². The molecule has 4 nitrogen and oxygen atoms in total. The number of rotatable bonds is 7. The van der Waals surface area contributed by atoms with Crippen molar-refractivity contribution < 1.29 is 18.6 Å². The summed E-state index contributed by atoms with van der Waals surface area (Å²) in [7, 11) is 1.41. The van der Waals surface area contributed by atoms with Crippen LogP contribution in [0.4, 0.5) is 0 Å². The summed E-state index contributed by atoms with van der Waals surface area (Å²) in [4.78, 5) is 0. The van der Waals surface area contributed by atoms with E-state index in [4.69, 9.17) is 18.6 Å². The van der Waals surface area contributed by atoms with Crippen LogP contribution in [0, 0.1) is 0 Å². The van der Waals surface area contributed by atoms with Gasteiger partial charge < -0.3 is 18.6 Å². The molecule has 0 radical (unpaired) electrons. The molecule has 0 aliphatic heterocycles. The van der Waals surface area contributed by atoms with E-state index >= 15 is 0 Å². The predicted molar refractivity (Wildman–Crippen MR) is 124 cm³/mol. The Morgan fingerprint density at radius 2 is 1.38 bits per heavy atom. The van der Waals surface area contributed by atoms with Gasteiger partial charge in [-0.15, -0.1) is 0 Å². The second-order valence-electron chi connectivity index (χ2n) is 9.72. The molecule has 2 atom stereocenters. The molecule has 1 aliphatic rings. The standard InChI is InChI=1S/C23H34O4Si2/c1-24-18-15-17-19(21(26-3)20(18)25-2)23(27-29(7,8)9,22(17)28(4,5)6)16-13-11-10-12-14-16/h10-15,22H,1-9H3/t22-,23-/m0/s1. The van der Waals surface area contributed by atoms with E-state index in [-0.39, 0.29) is 5.54 Å². The van der Waals surface area contributed by atoms with Gasteiger partial charge in [0, 0.05) is 11.1 Å². The largest absolute Gasteiger partial charge is 0.493 e. The lowest BCUT2D eigenvalue weighted by atomic mass is 9.68. The number of benzene rings is 2. The average Bonchev–Trinajstić information content (AvgIpc) is 2.63. The van der Waals surface area contributed by atoms with Gasteiger partial charge in [0.2, 0.25) is 5.75 Å². The van der Waals surface area contributed by atoms with Gasteiger partial charge in [-0.05, 0) is 36.8 Å². The normalized spacial score (nSPS) is 21.2. The molecule has 0 unspecified atom stereocenters. The zero-order valence-corrected chi connectivity index (χ0v) is 21.2. The minimum absolute atomic E-state index is 0.285. The van der Waals surface area contributed by atoms with Crippen LogP contribution < -0.4 is 14.2 Å². The molecule has 3 rings (SSSR count). The molecule has 0 saturated carbocycles. The molecule has 158 valence electrons. The summed E-state index contributed by atoms with van der Waals surface area (Å²) in [5.74, 6) is 2.06.